The molecular weight excluding hydrogens is 304 g/mol. The van der Waals surface area contributed by atoms with Gasteiger partial charge in [-0.15, -0.1) is 22.7 Å². The molecule has 0 fully saturated rings. The molecule has 112 valence electrons. The van der Waals surface area contributed by atoms with E-state index in [-0.39, 0.29) is 5.97 Å². The topological polar surface area (TPSA) is 42.4 Å². The second kappa shape index (κ2) is 5.77. The third-order valence-corrected chi connectivity index (χ3v) is 5.78. The molecular formula is C15H18N2O2S2. The summed E-state index contributed by atoms with van der Waals surface area (Å²) in [6.07, 6.45) is 1.05. The quantitative estimate of drug-likeness (QED) is 0.806. The van der Waals surface area contributed by atoms with E-state index in [1.807, 2.05) is 25.2 Å². The van der Waals surface area contributed by atoms with Crippen LogP contribution in [0.15, 0.2) is 11.4 Å². The van der Waals surface area contributed by atoms with Crippen molar-refractivity contribution >= 4 is 33.8 Å². The lowest BCUT2D eigenvalue weighted by Gasteiger charge is -2.33. The van der Waals surface area contributed by atoms with Gasteiger partial charge in [-0.1, -0.05) is 0 Å². The number of fused-ring (bicyclic) bond motifs is 1. The van der Waals surface area contributed by atoms with Crippen LogP contribution < -0.4 is 4.90 Å². The maximum Gasteiger partial charge on any atom is 0.358 e. The zero-order chi connectivity index (χ0) is 15.0. The number of esters is 1. The SMILES string of the molecule is CCOC(=O)c1nc(N2CCc3sccc3C2C)sc1C. The Bertz CT molecular complexity index is 662. The van der Waals surface area contributed by atoms with Gasteiger partial charge in [-0.2, -0.15) is 0 Å². The largest absolute Gasteiger partial charge is 0.461 e. The maximum atomic E-state index is 11.9. The molecule has 0 N–H and O–H groups in total. The summed E-state index contributed by atoms with van der Waals surface area (Å²) in [7, 11) is 0. The van der Waals surface area contributed by atoms with E-state index in [0.717, 1.165) is 23.0 Å². The van der Waals surface area contributed by atoms with Crippen LogP contribution >= 0.6 is 22.7 Å². The third kappa shape index (κ3) is 2.58. The average molecular weight is 322 g/mol. The Morgan fingerprint density at radius 3 is 3.14 bits per heavy atom. The summed E-state index contributed by atoms with van der Waals surface area (Å²) < 4.78 is 5.07. The van der Waals surface area contributed by atoms with Crippen molar-refractivity contribution in [1.82, 2.24) is 4.98 Å². The summed E-state index contributed by atoms with van der Waals surface area (Å²) in [5.74, 6) is -0.321. The van der Waals surface area contributed by atoms with Crippen LogP contribution in [0.1, 0.15) is 45.7 Å². The zero-order valence-corrected chi connectivity index (χ0v) is 14.0. The fourth-order valence-electron chi connectivity index (χ4n) is 2.66. The summed E-state index contributed by atoms with van der Waals surface area (Å²) in [5, 5.41) is 3.07. The second-order valence-corrected chi connectivity index (χ2v) is 7.22. The maximum absolute atomic E-state index is 11.9. The molecule has 4 nitrogen and oxygen atoms in total. The number of carbonyl (C=O) groups excluding carboxylic acids is 1. The Balaban J connectivity index is 1.88. The minimum atomic E-state index is -0.321. The number of thiophene rings is 1. The molecule has 0 aromatic carbocycles. The molecule has 0 amide bonds. The van der Waals surface area contributed by atoms with E-state index in [1.165, 1.54) is 10.4 Å². The van der Waals surface area contributed by atoms with Crippen molar-refractivity contribution in [2.24, 2.45) is 0 Å². The van der Waals surface area contributed by atoms with E-state index >= 15 is 0 Å². The highest BCUT2D eigenvalue weighted by atomic mass is 32.1. The van der Waals surface area contributed by atoms with Crippen LogP contribution in [0.3, 0.4) is 0 Å². The summed E-state index contributed by atoms with van der Waals surface area (Å²) in [5.41, 5.74) is 1.84. The molecule has 2 aromatic rings. The second-order valence-electron chi connectivity index (χ2n) is 5.04. The third-order valence-electron chi connectivity index (χ3n) is 3.78. The molecule has 6 heteroatoms. The molecule has 0 saturated heterocycles. The molecule has 0 bridgehead atoms. The number of nitrogens with zero attached hydrogens (tertiary/aromatic N) is 2. The van der Waals surface area contributed by atoms with Crippen LogP contribution in [-0.2, 0) is 11.2 Å². The molecule has 21 heavy (non-hydrogen) atoms. The number of aryl methyl sites for hydroxylation is 1. The fourth-order valence-corrected chi connectivity index (χ4v) is 4.63. The van der Waals surface area contributed by atoms with E-state index in [1.54, 1.807) is 11.3 Å². The normalized spacial score (nSPS) is 17.7. The highest BCUT2D eigenvalue weighted by molar-refractivity contribution is 7.15. The molecule has 3 rings (SSSR count). The van der Waals surface area contributed by atoms with Gasteiger partial charge in [-0.25, -0.2) is 9.78 Å². The van der Waals surface area contributed by atoms with Crippen molar-refractivity contribution < 1.29 is 9.53 Å². The molecule has 1 unspecified atom stereocenters. The first kappa shape index (κ1) is 14.5. The predicted octanol–water partition coefficient (Wildman–Crippen LogP) is 3.81. The number of thiazole rings is 1. The van der Waals surface area contributed by atoms with Gasteiger partial charge in [0, 0.05) is 16.3 Å². The lowest BCUT2D eigenvalue weighted by Crippen LogP contribution is -2.33. The van der Waals surface area contributed by atoms with Gasteiger partial charge in [0.1, 0.15) is 0 Å². The van der Waals surface area contributed by atoms with E-state index in [2.05, 4.69) is 28.3 Å². The molecule has 0 spiro atoms. The Morgan fingerprint density at radius 2 is 2.38 bits per heavy atom. The molecule has 0 saturated carbocycles. The van der Waals surface area contributed by atoms with Crippen molar-refractivity contribution in [1.29, 1.82) is 0 Å². The highest BCUT2D eigenvalue weighted by Crippen LogP contribution is 2.38. The number of anilines is 1. The van der Waals surface area contributed by atoms with E-state index in [4.69, 9.17) is 4.74 Å². The van der Waals surface area contributed by atoms with E-state index in [0.29, 0.717) is 18.3 Å². The number of carbonyl (C=O) groups is 1. The van der Waals surface area contributed by atoms with Crippen molar-refractivity contribution in [2.45, 2.75) is 33.2 Å². The molecule has 0 radical (unpaired) electrons. The molecule has 3 heterocycles. The molecule has 1 aliphatic rings. The number of rotatable bonds is 3. The van der Waals surface area contributed by atoms with Crippen LogP contribution in [0, 0.1) is 6.92 Å². The van der Waals surface area contributed by atoms with Gasteiger partial charge in [0.15, 0.2) is 10.8 Å². The lowest BCUT2D eigenvalue weighted by molar-refractivity contribution is 0.0519. The van der Waals surface area contributed by atoms with Crippen LogP contribution in [0.25, 0.3) is 0 Å². The first-order chi connectivity index (χ1) is 10.1. The minimum absolute atomic E-state index is 0.306. The van der Waals surface area contributed by atoms with Gasteiger partial charge >= 0.3 is 5.97 Å². The summed E-state index contributed by atoms with van der Waals surface area (Å²) in [4.78, 5) is 21.1. The van der Waals surface area contributed by atoms with E-state index in [9.17, 15) is 4.79 Å². The van der Waals surface area contributed by atoms with Gasteiger partial charge in [0.25, 0.3) is 0 Å². The van der Waals surface area contributed by atoms with Crippen LogP contribution in [-0.4, -0.2) is 24.1 Å². The monoisotopic (exact) mass is 322 g/mol. The number of hydrogen-bond acceptors (Lipinski definition) is 6. The van der Waals surface area contributed by atoms with Crippen molar-refractivity contribution in [3.05, 3.63) is 32.5 Å². The minimum Gasteiger partial charge on any atom is -0.461 e. The number of hydrogen-bond donors (Lipinski definition) is 0. The Morgan fingerprint density at radius 1 is 1.57 bits per heavy atom. The Hall–Kier alpha value is -1.40. The molecule has 2 aromatic heterocycles. The van der Waals surface area contributed by atoms with Crippen LogP contribution in [0.4, 0.5) is 5.13 Å². The first-order valence-corrected chi connectivity index (χ1v) is 8.79. The van der Waals surface area contributed by atoms with Gasteiger partial charge in [0.2, 0.25) is 0 Å². The zero-order valence-electron chi connectivity index (χ0n) is 12.4. The number of aromatic nitrogens is 1. The number of ether oxygens (including phenoxy) is 1. The summed E-state index contributed by atoms with van der Waals surface area (Å²) >= 11 is 3.40. The molecule has 1 atom stereocenters. The van der Waals surface area contributed by atoms with Gasteiger partial charge in [-0.05, 0) is 44.2 Å². The first-order valence-electron chi connectivity index (χ1n) is 7.09. The highest BCUT2D eigenvalue weighted by Gasteiger charge is 2.28. The van der Waals surface area contributed by atoms with Gasteiger partial charge in [-0.3, -0.25) is 0 Å². The van der Waals surface area contributed by atoms with Crippen LogP contribution in [0.5, 0.6) is 0 Å². The summed E-state index contributed by atoms with van der Waals surface area (Å²) in [6, 6.07) is 2.50. The van der Waals surface area contributed by atoms with Crippen molar-refractivity contribution in [3.8, 4) is 0 Å². The molecule has 1 aliphatic heterocycles. The van der Waals surface area contributed by atoms with Gasteiger partial charge in [0.05, 0.1) is 12.6 Å². The molecule has 0 aliphatic carbocycles. The predicted molar refractivity (Wildman–Crippen MR) is 86.6 cm³/mol. The average Bonchev–Trinajstić information content (AvgIpc) is 3.06. The Kier molecular flexibility index (Phi) is 3.99. The standard InChI is InChI=1S/C15H18N2O2S2/c1-4-19-14(18)13-10(3)21-15(16-13)17-7-5-12-11(9(17)2)6-8-20-12/h6,8-9H,4-5,7H2,1-3H3. The van der Waals surface area contributed by atoms with Gasteiger partial charge < -0.3 is 9.64 Å². The Labute approximate surface area is 132 Å². The lowest BCUT2D eigenvalue weighted by atomic mass is 10.0. The van der Waals surface area contributed by atoms with E-state index < -0.39 is 0 Å². The summed E-state index contributed by atoms with van der Waals surface area (Å²) in [6.45, 7) is 7.27. The smallest absolute Gasteiger partial charge is 0.358 e. The van der Waals surface area contributed by atoms with Crippen LogP contribution in [0.2, 0.25) is 0 Å². The fraction of sp³-hybridized carbons (Fsp3) is 0.467. The van der Waals surface area contributed by atoms with Crippen molar-refractivity contribution in [3.63, 3.8) is 0 Å². The van der Waals surface area contributed by atoms with Crippen molar-refractivity contribution in [2.75, 3.05) is 18.1 Å².